The van der Waals surface area contributed by atoms with Gasteiger partial charge in [-0.3, -0.25) is 0 Å². The molecule has 1 saturated carbocycles. The van der Waals surface area contributed by atoms with E-state index in [0.29, 0.717) is 5.92 Å². The summed E-state index contributed by atoms with van der Waals surface area (Å²) in [5, 5.41) is 0.0895. The summed E-state index contributed by atoms with van der Waals surface area (Å²) in [6.07, 6.45) is 1.16. The zero-order valence-electron chi connectivity index (χ0n) is 16.2. The van der Waals surface area contributed by atoms with Crippen molar-refractivity contribution in [2.45, 2.75) is 63.5 Å². The second-order valence-corrected chi connectivity index (χ2v) is 14.3. The molecule has 3 nitrogen and oxygen atoms in total. The van der Waals surface area contributed by atoms with E-state index in [0.717, 1.165) is 25.4 Å². The van der Waals surface area contributed by atoms with Gasteiger partial charge in [0.15, 0.2) is 0 Å². The van der Waals surface area contributed by atoms with E-state index < -0.39 is 8.56 Å². The highest BCUT2D eigenvalue weighted by atomic mass is 28.4. The van der Waals surface area contributed by atoms with E-state index in [9.17, 15) is 0 Å². The Morgan fingerprint density at radius 2 is 1.58 bits per heavy atom. The van der Waals surface area contributed by atoms with Crippen LogP contribution in [0.4, 0.5) is 0 Å². The first-order chi connectivity index (χ1) is 11.1. The molecule has 1 aromatic carbocycles. The molecule has 1 aromatic rings. The lowest BCUT2D eigenvalue weighted by molar-refractivity contribution is 0.137. The molecule has 2 atom stereocenters. The van der Waals surface area contributed by atoms with Gasteiger partial charge in [-0.05, 0) is 30.0 Å². The van der Waals surface area contributed by atoms with Crippen LogP contribution in [0.1, 0.15) is 53.5 Å². The molecule has 1 aliphatic heterocycles. The first-order valence-corrected chi connectivity index (χ1v) is 10.8. The van der Waals surface area contributed by atoms with E-state index in [4.69, 9.17) is 13.6 Å². The van der Waals surface area contributed by atoms with E-state index in [2.05, 4.69) is 65.8 Å². The predicted octanol–water partition coefficient (Wildman–Crippen LogP) is 5.04. The lowest BCUT2D eigenvalue weighted by Gasteiger charge is -2.48. The molecule has 2 aliphatic rings. The van der Waals surface area contributed by atoms with Gasteiger partial charge in [0, 0.05) is 28.7 Å². The van der Waals surface area contributed by atoms with Gasteiger partial charge >= 0.3 is 8.56 Å². The highest BCUT2D eigenvalue weighted by Gasteiger charge is 2.65. The number of ether oxygens (including phenoxy) is 1. The van der Waals surface area contributed by atoms with E-state index >= 15 is 0 Å². The monoisotopic (exact) mass is 348 g/mol. The third-order valence-corrected chi connectivity index (χ3v) is 11.0. The molecule has 4 heteroatoms. The highest BCUT2D eigenvalue weighted by molar-refractivity contribution is 6.73. The summed E-state index contributed by atoms with van der Waals surface area (Å²) < 4.78 is 18.7. The van der Waals surface area contributed by atoms with E-state index in [1.165, 1.54) is 5.56 Å². The van der Waals surface area contributed by atoms with Gasteiger partial charge in [0.25, 0.3) is 0 Å². The van der Waals surface area contributed by atoms with Crippen molar-refractivity contribution < 1.29 is 13.6 Å². The number of hydrogen-bond donors (Lipinski definition) is 0. The molecule has 0 aromatic heterocycles. The molecule has 1 saturated heterocycles. The van der Waals surface area contributed by atoms with Gasteiger partial charge in [0.1, 0.15) is 5.75 Å². The van der Waals surface area contributed by atoms with Crippen molar-refractivity contribution in [1.82, 2.24) is 0 Å². The van der Waals surface area contributed by atoms with Crippen molar-refractivity contribution >= 4 is 8.56 Å². The molecule has 24 heavy (non-hydrogen) atoms. The number of fused-ring (bicyclic) bond motifs is 1. The zero-order chi connectivity index (χ0) is 17.8. The summed E-state index contributed by atoms with van der Waals surface area (Å²) in [5.74, 6) is 1.48. The summed E-state index contributed by atoms with van der Waals surface area (Å²) in [7, 11) is -0.659. The molecular weight excluding hydrogens is 316 g/mol. The summed E-state index contributed by atoms with van der Waals surface area (Å²) >= 11 is 0. The topological polar surface area (TPSA) is 27.7 Å². The highest BCUT2D eigenvalue weighted by Crippen LogP contribution is 2.61. The average molecular weight is 349 g/mol. The van der Waals surface area contributed by atoms with Crippen LogP contribution in [0, 0.1) is 5.92 Å². The fourth-order valence-corrected chi connectivity index (χ4v) is 9.58. The predicted molar refractivity (Wildman–Crippen MR) is 99.9 cm³/mol. The number of methoxy groups -OCH3 is 1. The van der Waals surface area contributed by atoms with Crippen molar-refractivity contribution in [1.29, 1.82) is 0 Å². The molecular formula is C20H32O3Si. The Hall–Kier alpha value is -0.843. The van der Waals surface area contributed by atoms with Gasteiger partial charge in [0.2, 0.25) is 0 Å². The summed E-state index contributed by atoms with van der Waals surface area (Å²) in [4.78, 5) is 0. The molecule has 0 bridgehead atoms. The lowest BCUT2D eigenvalue weighted by atomic mass is 9.94. The maximum absolute atomic E-state index is 6.77. The van der Waals surface area contributed by atoms with E-state index in [-0.39, 0.29) is 15.5 Å². The van der Waals surface area contributed by atoms with Crippen molar-refractivity contribution in [2.24, 2.45) is 5.92 Å². The Balaban J connectivity index is 1.90. The van der Waals surface area contributed by atoms with Crippen LogP contribution >= 0.6 is 0 Å². The van der Waals surface area contributed by atoms with Crippen LogP contribution in [-0.4, -0.2) is 28.9 Å². The molecule has 0 radical (unpaired) electrons. The Morgan fingerprint density at radius 1 is 1.00 bits per heavy atom. The van der Waals surface area contributed by atoms with Crippen molar-refractivity contribution in [3.63, 3.8) is 0 Å². The molecule has 134 valence electrons. The van der Waals surface area contributed by atoms with Gasteiger partial charge in [0.05, 0.1) is 7.11 Å². The van der Waals surface area contributed by atoms with Crippen LogP contribution in [0.15, 0.2) is 24.3 Å². The molecule has 0 spiro atoms. The van der Waals surface area contributed by atoms with Crippen molar-refractivity contribution in [3.8, 4) is 5.75 Å². The third kappa shape index (κ3) is 2.63. The van der Waals surface area contributed by atoms with Gasteiger partial charge < -0.3 is 13.6 Å². The first kappa shape index (κ1) is 18.0. The van der Waals surface area contributed by atoms with Crippen LogP contribution in [0.5, 0.6) is 5.75 Å². The van der Waals surface area contributed by atoms with Gasteiger partial charge in [-0.15, -0.1) is 0 Å². The smallest absolute Gasteiger partial charge is 0.349 e. The Kier molecular flexibility index (Phi) is 4.18. The molecule has 0 unspecified atom stereocenters. The van der Waals surface area contributed by atoms with Crippen LogP contribution in [-0.2, 0) is 14.3 Å². The molecule has 0 amide bonds. The SMILES string of the molecule is COc1ccc([C@@]23CO[Si](C(C)(C)C)(C(C)(C)C)OC[C@@H]2C3)cc1. The maximum Gasteiger partial charge on any atom is 0.349 e. The van der Waals surface area contributed by atoms with Crippen molar-refractivity contribution in [3.05, 3.63) is 29.8 Å². The second-order valence-electron chi connectivity index (χ2n) is 9.50. The minimum Gasteiger partial charge on any atom is -0.497 e. The van der Waals surface area contributed by atoms with Crippen molar-refractivity contribution in [2.75, 3.05) is 20.3 Å². The molecule has 1 heterocycles. The Labute approximate surface area is 147 Å². The Bertz CT molecular complexity index is 583. The second kappa shape index (κ2) is 5.58. The number of benzene rings is 1. The normalized spacial score (nSPS) is 29.5. The third-order valence-electron chi connectivity index (χ3n) is 5.89. The quantitative estimate of drug-likeness (QED) is 0.701. The Morgan fingerprint density at radius 3 is 2.08 bits per heavy atom. The largest absolute Gasteiger partial charge is 0.497 e. The number of hydrogen-bond acceptors (Lipinski definition) is 3. The van der Waals surface area contributed by atoms with Crippen LogP contribution in [0.3, 0.4) is 0 Å². The van der Waals surface area contributed by atoms with Crippen LogP contribution in [0.25, 0.3) is 0 Å². The first-order valence-electron chi connectivity index (χ1n) is 8.98. The minimum absolute atomic E-state index is 0.0448. The van der Waals surface area contributed by atoms with Gasteiger partial charge in [-0.25, -0.2) is 0 Å². The average Bonchev–Trinajstić information content (AvgIpc) is 3.20. The molecule has 1 aliphatic carbocycles. The summed E-state index contributed by atoms with van der Waals surface area (Å²) in [6.45, 7) is 15.3. The van der Waals surface area contributed by atoms with Gasteiger partial charge in [-0.2, -0.15) is 0 Å². The lowest BCUT2D eigenvalue weighted by Crippen LogP contribution is -2.57. The number of rotatable bonds is 2. The van der Waals surface area contributed by atoms with E-state index in [1.807, 2.05) is 0 Å². The summed E-state index contributed by atoms with van der Waals surface area (Å²) in [6, 6.07) is 8.52. The fourth-order valence-electron chi connectivity index (χ4n) is 4.62. The van der Waals surface area contributed by atoms with Crippen LogP contribution in [0.2, 0.25) is 10.1 Å². The molecule has 2 fully saturated rings. The summed E-state index contributed by atoms with van der Waals surface area (Å²) in [5.41, 5.74) is 1.50. The van der Waals surface area contributed by atoms with Crippen LogP contribution < -0.4 is 4.74 Å². The van der Waals surface area contributed by atoms with E-state index in [1.54, 1.807) is 7.11 Å². The van der Waals surface area contributed by atoms with Gasteiger partial charge in [-0.1, -0.05) is 53.7 Å². The standard InChI is InChI=1S/C20H32O3Si/c1-18(2,3)24(19(4,5)6)22-13-16-12-20(16,14-23-24)15-8-10-17(21-7)11-9-15/h8-11,16H,12-14H2,1-7H3/t16-,20+/m0/s1. The fraction of sp³-hybridized carbons (Fsp3) is 0.700. The molecule has 3 rings (SSSR count). The zero-order valence-corrected chi connectivity index (χ0v) is 17.2. The molecule has 0 N–H and O–H groups in total. The minimum atomic E-state index is -2.37. The maximum atomic E-state index is 6.77.